The molecule has 0 saturated carbocycles. The summed E-state index contributed by atoms with van der Waals surface area (Å²) in [5.41, 5.74) is 1.23. The quantitative estimate of drug-likeness (QED) is 0.801. The number of hydrogen-bond donors (Lipinski definition) is 0. The first-order valence-corrected chi connectivity index (χ1v) is 9.46. The molecule has 3 heterocycles. The number of aromatic nitrogens is 1. The summed E-state index contributed by atoms with van der Waals surface area (Å²) in [5, 5.41) is 0. The van der Waals surface area contributed by atoms with Crippen LogP contribution in [0.2, 0.25) is 0 Å². The molecular weight excluding hydrogens is 300 g/mol. The number of piperazine rings is 1. The summed E-state index contributed by atoms with van der Waals surface area (Å²) in [4.78, 5) is 23.8. The number of pyridine rings is 1. The van der Waals surface area contributed by atoms with Crippen LogP contribution in [-0.4, -0.2) is 66.5 Å². The van der Waals surface area contributed by atoms with Crippen molar-refractivity contribution in [1.29, 1.82) is 0 Å². The van der Waals surface area contributed by atoms with Gasteiger partial charge in [0.25, 0.3) is 0 Å². The topological polar surface area (TPSA) is 39.7 Å². The number of carbonyl (C=O) groups is 1. The van der Waals surface area contributed by atoms with Crippen molar-refractivity contribution in [2.45, 2.75) is 39.0 Å². The van der Waals surface area contributed by atoms with Gasteiger partial charge >= 0.3 is 0 Å². The fourth-order valence-electron chi connectivity index (χ4n) is 3.68. The predicted molar refractivity (Wildman–Crippen MR) is 97.3 cm³/mol. The van der Waals surface area contributed by atoms with E-state index in [1.165, 1.54) is 24.8 Å². The summed E-state index contributed by atoms with van der Waals surface area (Å²) in [6.45, 7) is 9.39. The Balaban J connectivity index is 1.47. The second-order valence-corrected chi connectivity index (χ2v) is 6.94. The minimum atomic E-state index is 0.297. The largest absolute Gasteiger partial charge is 0.357 e. The highest BCUT2D eigenvalue weighted by Gasteiger charge is 2.20. The Hall–Kier alpha value is -1.62. The van der Waals surface area contributed by atoms with Gasteiger partial charge in [-0.1, -0.05) is 6.92 Å². The molecule has 0 atom stereocenters. The van der Waals surface area contributed by atoms with E-state index in [-0.39, 0.29) is 0 Å². The standard InChI is InChI=1S/C19H30N4O/c1-2-9-21-12-14-23(15-13-21)19(24)6-5-17-7-8-20-18(16-17)22-10-3-4-11-22/h7-8,16H,2-6,9-15H2,1H3. The molecule has 0 unspecified atom stereocenters. The lowest BCUT2D eigenvalue weighted by molar-refractivity contribution is -0.132. The summed E-state index contributed by atoms with van der Waals surface area (Å²) in [5.74, 6) is 1.37. The lowest BCUT2D eigenvalue weighted by Crippen LogP contribution is -2.48. The van der Waals surface area contributed by atoms with Crippen molar-refractivity contribution >= 4 is 11.7 Å². The van der Waals surface area contributed by atoms with Crippen molar-refractivity contribution in [3.63, 3.8) is 0 Å². The van der Waals surface area contributed by atoms with Gasteiger partial charge in [-0.25, -0.2) is 4.98 Å². The van der Waals surface area contributed by atoms with Gasteiger partial charge in [-0.2, -0.15) is 0 Å². The van der Waals surface area contributed by atoms with Crippen LogP contribution in [-0.2, 0) is 11.2 Å². The van der Waals surface area contributed by atoms with E-state index in [1.807, 2.05) is 17.2 Å². The van der Waals surface area contributed by atoms with Crippen LogP contribution in [0, 0.1) is 0 Å². The molecule has 1 aromatic rings. The Labute approximate surface area is 145 Å². The van der Waals surface area contributed by atoms with Crippen molar-refractivity contribution in [3.8, 4) is 0 Å². The number of hydrogen-bond acceptors (Lipinski definition) is 4. The molecule has 3 rings (SSSR count). The third-order valence-corrected chi connectivity index (χ3v) is 5.13. The summed E-state index contributed by atoms with van der Waals surface area (Å²) >= 11 is 0. The van der Waals surface area contributed by atoms with Crippen LogP contribution in [0.1, 0.15) is 38.2 Å². The van der Waals surface area contributed by atoms with E-state index in [1.54, 1.807) is 0 Å². The number of amides is 1. The summed E-state index contributed by atoms with van der Waals surface area (Å²) in [6.07, 6.45) is 7.02. The molecule has 0 aliphatic carbocycles. The maximum absolute atomic E-state index is 12.5. The first-order valence-electron chi connectivity index (χ1n) is 9.46. The SMILES string of the molecule is CCCN1CCN(C(=O)CCc2ccnc(N3CCCC3)c2)CC1. The van der Waals surface area contributed by atoms with Crippen LogP contribution >= 0.6 is 0 Å². The fraction of sp³-hybridized carbons (Fsp3) is 0.684. The third-order valence-electron chi connectivity index (χ3n) is 5.13. The summed E-state index contributed by atoms with van der Waals surface area (Å²) in [7, 11) is 0. The number of nitrogens with zero attached hydrogens (tertiary/aromatic N) is 4. The van der Waals surface area contributed by atoms with Gasteiger partial charge in [0.05, 0.1) is 0 Å². The van der Waals surface area contributed by atoms with Crippen molar-refractivity contribution in [1.82, 2.24) is 14.8 Å². The highest BCUT2D eigenvalue weighted by atomic mass is 16.2. The van der Waals surface area contributed by atoms with Gasteiger partial charge in [-0.3, -0.25) is 9.69 Å². The summed E-state index contributed by atoms with van der Waals surface area (Å²) < 4.78 is 0. The molecule has 2 saturated heterocycles. The molecule has 0 bridgehead atoms. The zero-order valence-corrected chi connectivity index (χ0v) is 14.9. The van der Waals surface area contributed by atoms with Crippen molar-refractivity contribution in [2.24, 2.45) is 0 Å². The lowest BCUT2D eigenvalue weighted by atomic mass is 10.1. The van der Waals surface area contributed by atoms with Gasteiger partial charge < -0.3 is 9.80 Å². The Kier molecular flexibility index (Phi) is 6.07. The van der Waals surface area contributed by atoms with E-state index in [0.717, 1.165) is 58.1 Å². The second kappa shape index (κ2) is 8.47. The van der Waals surface area contributed by atoms with Gasteiger partial charge in [0.2, 0.25) is 5.91 Å². The molecule has 2 aliphatic rings. The number of aryl methyl sites for hydroxylation is 1. The molecule has 0 spiro atoms. The van der Waals surface area contributed by atoms with E-state index in [4.69, 9.17) is 0 Å². The van der Waals surface area contributed by atoms with E-state index in [0.29, 0.717) is 12.3 Å². The Morgan fingerprint density at radius 2 is 1.88 bits per heavy atom. The molecule has 2 aliphatic heterocycles. The van der Waals surface area contributed by atoms with Gasteiger partial charge in [0.15, 0.2) is 0 Å². The van der Waals surface area contributed by atoms with Crippen LogP contribution in [0.4, 0.5) is 5.82 Å². The monoisotopic (exact) mass is 330 g/mol. The Morgan fingerprint density at radius 1 is 1.12 bits per heavy atom. The van der Waals surface area contributed by atoms with Gasteiger partial charge in [-0.15, -0.1) is 0 Å². The molecule has 132 valence electrons. The first-order chi connectivity index (χ1) is 11.8. The van der Waals surface area contributed by atoms with Crippen LogP contribution in [0.5, 0.6) is 0 Å². The van der Waals surface area contributed by atoms with E-state index in [2.05, 4.69) is 27.8 Å². The number of carbonyl (C=O) groups excluding carboxylic acids is 1. The molecule has 1 aromatic heterocycles. The van der Waals surface area contributed by atoms with Crippen LogP contribution in [0.25, 0.3) is 0 Å². The molecule has 24 heavy (non-hydrogen) atoms. The maximum atomic E-state index is 12.5. The molecule has 5 nitrogen and oxygen atoms in total. The van der Waals surface area contributed by atoms with Gasteiger partial charge in [0, 0.05) is 51.9 Å². The lowest BCUT2D eigenvalue weighted by Gasteiger charge is -2.34. The molecule has 2 fully saturated rings. The highest BCUT2D eigenvalue weighted by Crippen LogP contribution is 2.19. The van der Waals surface area contributed by atoms with Crippen LogP contribution < -0.4 is 4.90 Å². The average Bonchev–Trinajstić information content (AvgIpc) is 3.16. The maximum Gasteiger partial charge on any atom is 0.222 e. The normalized spacial score (nSPS) is 19.0. The molecule has 0 radical (unpaired) electrons. The van der Waals surface area contributed by atoms with Crippen molar-refractivity contribution in [3.05, 3.63) is 23.9 Å². The predicted octanol–water partition coefficient (Wildman–Crippen LogP) is 2.17. The number of rotatable bonds is 6. The van der Waals surface area contributed by atoms with Crippen molar-refractivity contribution in [2.75, 3.05) is 50.7 Å². The molecule has 5 heteroatoms. The van der Waals surface area contributed by atoms with Gasteiger partial charge in [0.1, 0.15) is 5.82 Å². The smallest absolute Gasteiger partial charge is 0.222 e. The Bertz CT molecular complexity index is 534. The third kappa shape index (κ3) is 4.47. The van der Waals surface area contributed by atoms with Gasteiger partial charge in [-0.05, 0) is 49.9 Å². The number of anilines is 1. The van der Waals surface area contributed by atoms with Crippen LogP contribution in [0.15, 0.2) is 18.3 Å². The molecular formula is C19H30N4O. The minimum absolute atomic E-state index is 0.297. The first kappa shape index (κ1) is 17.2. The van der Waals surface area contributed by atoms with E-state index >= 15 is 0 Å². The van der Waals surface area contributed by atoms with E-state index in [9.17, 15) is 4.79 Å². The average molecular weight is 330 g/mol. The molecule has 0 aromatic carbocycles. The minimum Gasteiger partial charge on any atom is -0.357 e. The molecule has 0 N–H and O–H groups in total. The molecule has 1 amide bonds. The highest BCUT2D eigenvalue weighted by molar-refractivity contribution is 5.76. The Morgan fingerprint density at radius 3 is 2.58 bits per heavy atom. The second-order valence-electron chi connectivity index (χ2n) is 6.94. The van der Waals surface area contributed by atoms with Crippen molar-refractivity contribution < 1.29 is 4.79 Å². The zero-order chi connectivity index (χ0) is 16.8. The van der Waals surface area contributed by atoms with E-state index < -0.39 is 0 Å². The summed E-state index contributed by atoms with van der Waals surface area (Å²) in [6, 6.07) is 4.21. The van der Waals surface area contributed by atoms with Crippen LogP contribution in [0.3, 0.4) is 0 Å². The fourth-order valence-corrected chi connectivity index (χ4v) is 3.68. The zero-order valence-electron chi connectivity index (χ0n) is 14.9.